The van der Waals surface area contributed by atoms with Crippen molar-refractivity contribution in [3.8, 4) is 16.9 Å². The zero-order valence-corrected chi connectivity index (χ0v) is 9.74. The van der Waals surface area contributed by atoms with Gasteiger partial charge in [0.25, 0.3) is 0 Å². The molecule has 2 aromatic rings. The quantitative estimate of drug-likeness (QED) is 0.753. The summed E-state index contributed by atoms with van der Waals surface area (Å²) in [6, 6.07) is 11.7. The van der Waals surface area contributed by atoms with E-state index in [1.807, 2.05) is 43.3 Å². The minimum Gasteiger partial charge on any atom is -0.494 e. The number of benzene rings is 1. The molecule has 0 saturated carbocycles. The molecule has 0 aliphatic rings. The topological polar surface area (TPSA) is 22.1 Å². The maximum absolute atomic E-state index is 5.84. The van der Waals surface area contributed by atoms with E-state index < -0.39 is 0 Å². The summed E-state index contributed by atoms with van der Waals surface area (Å²) in [5.74, 6) is 0.881. The van der Waals surface area contributed by atoms with E-state index in [0.29, 0.717) is 11.8 Å². The van der Waals surface area contributed by atoms with Crippen LogP contribution in [-0.4, -0.2) is 11.6 Å². The summed E-state index contributed by atoms with van der Waals surface area (Å²) in [5.41, 5.74) is 2.16. The number of halogens is 1. The third-order valence-electron chi connectivity index (χ3n) is 2.23. The average molecular weight is 234 g/mol. The molecule has 0 amide bonds. The predicted molar refractivity (Wildman–Crippen MR) is 65.9 cm³/mol. The van der Waals surface area contributed by atoms with Crippen molar-refractivity contribution >= 4 is 11.6 Å². The highest BCUT2D eigenvalue weighted by Crippen LogP contribution is 2.23. The molecular weight excluding hydrogens is 222 g/mol. The third-order valence-corrected chi connectivity index (χ3v) is 2.43. The van der Waals surface area contributed by atoms with Crippen LogP contribution in [0.3, 0.4) is 0 Å². The molecule has 0 bridgehead atoms. The molecule has 0 saturated heterocycles. The molecule has 0 aliphatic carbocycles. The molecule has 82 valence electrons. The lowest BCUT2D eigenvalue weighted by molar-refractivity contribution is 0.340. The maximum Gasteiger partial charge on any atom is 0.129 e. The van der Waals surface area contributed by atoms with Gasteiger partial charge in [-0.05, 0) is 42.3 Å². The standard InChI is InChI=1S/C13H12ClNO/c1-2-16-12-5-3-10(4-6-12)11-7-8-15-13(14)9-11/h3-9H,2H2,1H3. The lowest BCUT2D eigenvalue weighted by Gasteiger charge is -2.05. The molecule has 0 aliphatic heterocycles. The fourth-order valence-corrected chi connectivity index (χ4v) is 1.67. The summed E-state index contributed by atoms with van der Waals surface area (Å²) >= 11 is 5.84. The van der Waals surface area contributed by atoms with Gasteiger partial charge in [0.15, 0.2) is 0 Å². The minimum absolute atomic E-state index is 0.506. The van der Waals surface area contributed by atoms with E-state index in [0.717, 1.165) is 16.9 Å². The zero-order chi connectivity index (χ0) is 11.4. The van der Waals surface area contributed by atoms with Crippen LogP contribution < -0.4 is 4.74 Å². The van der Waals surface area contributed by atoms with Gasteiger partial charge in [-0.3, -0.25) is 0 Å². The van der Waals surface area contributed by atoms with Crippen molar-refractivity contribution < 1.29 is 4.74 Å². The van der Waals surface area contributed by atoms with Crippen LogP contribution in [0.15, 0.2) is 42.6 Å². The molecule has 0 radical (unpaired) electrons. The second-order valence-electron chi connectivity index (χ2n) is 3.32. The number of nitrogens with zero attached hydrogens (tertiary/aromatic N) is 1. The second kappa shape index (κ2) is 4.99. The van der Waals surface area contributed by atoms with Crippen LogP contribution in [0.25, 0.3) is 11.1 Å². The van der Waals surface area contributed by atoms with Gasteiger partial charge in [0, 0.05) is 6.20 Å². The van der Waals surface area contributed by atoms with Gasteiger partial charge < -0.3 is 4.74 Å². The lowest BCUT2D eigenvalue weighted by Crippen LogP contribution is -1.90. The fraction of sp³-hybridized carbons (Fsp3) is 0.154. The van der Waals surface area contributed by atoms with E-state index in [2.05, 4.69) is 4.98 Å². The van der Waals surface area contributed by atoms with Gasteiger partial charge >= 0.3 is 0 Å². The fourth-order valence-electron chi connectivity index (χ4n) is 1.49. The van der Waals surface area contributed by atoms with Gasteiger partial charge in [-0.2, -0.15) is 0 Å². The van der Waals surface area contributed by atoms with Crippen LogP contribution in [0.4, 0.5) is 0 Å². The summed E-state index contributed by atoms with van der Waals surface area (Å²) < 4.78 is 5.38. The van der Waals surface area contributed by atoms with Crippen molar-refractivity contribution in [2.45, 2.75) is 6.92 Å². The first-order chi connectivity index (χ1) is 7.79. The zero-order valence-electron chi connectivity index (χ0n) is 8.98. The largest absolute Gasteiger partial charge is 0.494 e. The van der Waals surface area contributed by atoms with Crippen LogP contribution in [0.1, 0.15) is 6.92 Å². The minimum atomic E-state index is 0.506. The summed E-state index contributed by atoms with van der Waals surface area (Å²) in [6.07, 6.45) is 1.70. The van der Waals surface area contributed by atoms with Crippen LogP contribution in [0.5, 0.6) is 5.75 Å². The summed E-state index contributed by atoms with van der Waals surface area (Å²) in [7, 11) is 0. The molecule has 2 nitrogen and oxygen atoms in total. The van der Waals surface area contributed by atoms with E-state index in [4.69, 9.17) is 16.3 Å². The van der Waals surface area contributed by atoms with E-state index in [1.54, 1.807) is 6.20 Å². The Morgan fingerprint density at radius 3 is 2.50 bits per heavy atom. The first-order valence-corrected chi connectivity index (χ1v) is 5.52. The van der Waals surface area contributed by atoms with Crippen LogP contribution in [0.2, 0.25) is 5.15 Å². The first-order valence-electron chi connectivity index (χ1n) is 5.14. The van der Waals surface area contributed by atoms with Crippen molar-refractivity contribution in [1.29, 1.82) is 0 Å². The van der Waals surface area contributed by atoms with Crippen LogP contribution in [0, 0.1) is 0 Å². The smallest absolute Gasteiger partial charge is 0.129 e. The molecule has 16 heavy (non-hydrogen) atoms. The van der Waals surface area contributed by atoms with Gasteiger partial charge in [-0.15, -0.1) is 0 Å². The number of hydrogen-bond acceptors (Lipinski definition) is 2. The molecule has 0 fully saturated rings. The van der Waals surface area contributed by atoms with Crippen molar-refractivity contribution in [3.05, 3.63) is 47.7 Å². The highest BCUT2D eigenvalue weighted by molar-refractivity contribution is 6.29. The first kappa shape index (κ1) is 11.0. The molecule has 3 heteroatoms. The number of pyridine rings is 1. The van der Waals surface area contributed by atoms with Crippen molar-refractivity contribution in [1.82, 2.24) is 4.98 Å². The summed E-state index contributed by atoms with van der Waals surface area (Å²) in [4.78, 5) is 3.95. The average Bonchev–Trinajstić information content (AvgIpc) is 2.30. The van der Waals surface area contributed by atoms with Crippen LogP contribution in [-0.2, 0) is 0 Å². The van der Waals surface area contributed by atoms with Crippen molar-refractivity contribution in [2.75, 3.05) is 6.61 Å². The Balaban J connectivity index is 2.27. The highest BCUT2D eigenvalue weighted by atomic mass is 35.5. The third kappa shape index (κ3) is 2.52. The van der Waals surface area contributed by atoms with Gasteiger partial charge in [0.2, 0.25) is 0 Å². The number of aromatic nitrogens is 1. The number of hydrogen-bond donors (Lipinski definition) is 0. The molecule has 0 spiro atoms. The van der Waals surface area contributed by atoms with E-state index in [-0.39, 0.29) is 0 Å². The van der Waals surface area contributed by atoms with Gasteiger partial charge in [-0.1, -0.05) is 23.7 Å². The predicted octanol–water partition coefficient (Wildman–Crippen LogP) is 3.80. The van der Waals surface area contributed by atoms with E-state index in [1.165, 1.54) is 0 Å². The Bertz CT molecular complexity index is 468. The summed E-state index contributed by atoms with van der Waals surface area (Å²) in [6.45, 7) is 2.65. The molecule has 1 aromatic carbocycles. The lowest BCUT2D eigenvalue weighted by atomic mass is 10.1. The van der Waals surface area contributed by atoms with Gasteiger partial charge in [0.05, 0.1) is 6.61 Å². The molecule has 1 aromatic heterocycles. The van der Waals surface area contributed by atoms with E-state index in [9.17, 15) is 0 Å². The monoisotopic (exact) mass is 233 g/mol. The Hall–Kier alpha value is -1.54. The van der Waals surface area contributed by atoms with Crippen molar-refractivity contribution in [3.63, 3.8) is 0 Å². The second-order valence-corrected chi connectivity index (χ2v) is 3.71. The van der Waals surface area contributed by atoms with Gasteiger partial charge in [-0.25, -0.2) is 4.98 Å². The molecule has 2 rings (SSSR count). The molecule has 0 atom stereocenters. The highest BCUT2D eigenvalue weighted by Gasteiger charge is 1.99. The van der Waals surface area contributed by atoms with E-state index >= 15 is 0 Å². The Kier molecular flexibility index (Phi) is 3.42. The molecule has 0 N–H and O–H groups in total. The maximum atomic E-state index is 5.84. The van der Waals surface area contributed by atoms with Crippen molar-refractivity contribution in [2.24, 2.45) is 0 Å². The summed E-state index contributed by atoms with van der Waals surface area (Å²) in [5, 5.41) is 0.506. The molecule has 0 unspecified atom stereocenters. The molecule has 1 heterocycles. The number of ether oxygens (including phenoxy) is 1. The SMILES string of the molecule is CCOc1ccc(-c2ccnc(Cl)c2)cc1. The normalized spacial score (nSPS) is 10.1. The Labute approximate surface area is 99.9 Å². The Morgan fingerprint density at radius 2 is 1.88 bits per heavy atom. The Morgan fingerprint density at radius 1 is 1.12 bits per heavy atom. The number of rotatable bonds is 3. The van der Waals surface area contributed by atoms with Gasteiger partial charge in [0.1, 0.15) is 10.9 Å². The molecular formula is C13H12ClNO. The van der Waals surface area contributed by atoms with Crippen LogP contribution >= 0.6 is 11.6 Å².